The van der Waals surface area contributed by atoms with E-state index >= 15 is 0 Å². The Morgan fingerprint density at radius 3 is 2.56 bits per heavy atom. The third kappa shape index (κ3) is 7.20. The first kappa shape index (κ1) is 21.2. The van der Waals surface area contributed by atoms with Crippen LogP contribution < -0.4 is 10.1 Å². The Kier molecular flexibility index (Phi) is 7.23. The molecule has 1 aromatic carbocycles. The van der Waals surface area contributed by atoms with Gasteiger partial charge in [-0.2, -0.15) is 22.0 Å². The van der Waals surface area contributed by atoms with Crippen molar-refractivity contribution in [1.29, 1.82) is 0 Å². The van der Waals surface area contributed by atoms with Gasteiger partial charge in [-0.05, 0) is 24.1 Å². The summed E-state index contributed by atoms with van der Waals surface area (Å²) in [5, 5.41) is 3.18. The number of rotatable bonds is 6. The molecule has 0 amide bonds. The fourth-order valence-corrected chi connectivity index (χ4v) is 3.00. The topological polar surface area (TPSA) is 40.1 Å². The molecule has 1 atom stereocenters. The predicted molar refractivity (Wildman–Crippen MR) is 91.9 cm³/mol. The number of likely N-dealkylation sites (tertiary alicyclic amines) is 1. The lowest BCUT2D eigenvalue weighted by atomic mass is 10.2. The van der Waals surface area contributed by atoms with E-state index < -0.39 is 19.3 Å². The molecule has 1 aliphatic rings. The Bertz CT molecular complexity index is 621. The van der Waals surface area contributed by atoms with Crippen molar-refractivity contribution >= 4 is 5.96 Å². The molecular formula is C17H23F5N4O. The summed E-state index contributed by atoms with van der Waals surface area (Å²) in [5.41, 5.74) is 0.854. The van der Waals surface area contributed by atoms with Crippen molar-refractivity contribution in [3.63, 3.8) is 0 Å². The van der Waals surface area contributed by atoms with Crippen molar-refractivity contribution in [3.05, 3.63) is 29.8 Å². The number of aliphatic imine (C=N–C) groups is 1. The summed E-state index contributed by atoms with van der Waals surface area (Å²) in [6.07, 6.45) is -3.60. The summed E-state index contributed by atoms with van der Waals surface area (Å²) in [6.45, 7) is -2.65. The van der Waals surface area contributed by atoms with Crippen LogP contribution in [-0.4, -0.2) is 68.3 Å². The van der Waals surface area contributed by atoms with Crippen molar-refractivity contribution in [3.8, 4) is 5.75 Å². The molecule has 27 heavy (non-hydrogen) atoms. The quantitative estimate of drug-likeness (QED) is 0.458. The van der Waals surface area contributed by atoms with Crippen molar-refractivity contribution in [1.82, 2.24) is 15.1 Å². The number of halogens is 5. The molecule has 1 aliphatic heterocycles. The van der Waals surface area contributed by atoms with E-state index in [1.165, 1.54) is 17.0 Å². The Hall–Kier alpha value is -2.10. The highest BCUT2D eigenvalue weighted by Crippen LogP contribution is 2.20. The van der Waals surface area contributed by atoms with Gasteiger partial charge >= 0.3 is 12.8 Å². The van der Waals surface area contributed by atoms with Gasteiger partial charge in [0.05, 0.1) is 6.54 Å². The average Bonchev–Trinajstić information content (AvgIpc) is 2.99. The minimum absolute atomic E-state index is 0.0784. The van der Waals surface area contributed by atoms with Crippen LogP contribution in [0.3, 0.4) is 0 Å². The molecule has 5 nitrogen and oxygen atoms in total. The molecule has 1 fully saturated rings. The summed E-state index contributed by atoms with van der Waals surface area (Å²) in [7, 11) is 3.39. The largest absolute Gasteiger partial charge is 0.435 e. The lowest BCUT2D eigenvalue weighted by Gasteiger charge is -2.25. The molecule has 0 radical (unpaired) electrons. The van der Waals surface area contributed by atoms with E-state index in [0.717, 1.165) is 5.56 Å². The van der Waals surface area contributed by atoms with E-state index in [1.54, 1.807) is 26.2 Å². The van der Waals surface area contributed by atoms with Gasteiger partial charge in [0.1, 0.15) is 5.75 Å². The number of nitrogens with one attached hydrogen (secondary N) is 1. The van der Waals surface area contributed by atoms with Gasteiger partial charge in [0.25, 0.3) is 0 Å². The van der Waals surface area contributed by atoms with E-state index in [2.05, 4.69) is 15.0 Å². The van der Waals surface area contributed by atoms with E-state index in [9.17, 15) is 22.0 Å². The van der Waals surface area contributed by atoms with Gasteiger partial charge in [-0.1, -0.05) is 12.1 Å². The molecule has 0 saturated carbocycles. The molecular weight excluding hydrogens is 371 g/mol. The summed E-state index contributed by atoms with van der Waals surface area (Å²) in [6, 6.07) is 6.13. The van der Waals surface area contributed by atoms with Gasteiger partial charge in [-0.25, -0.2) is 0 Å². The Morgan fingerprint density at radius 2 is 2.00 bits per heavy atom. The monoisotopic (exact) mass is 394 g/mol. The average molecular weight is 394 g/mol. The maximum absolute atomic E-state index is 12.5. The molecule has 152 valence electrons. The number of hydrogen-bond donors (Lipinski definition) is 1. The Morgan fingerprint density at radius 1 is 1.33 bits per heavy atom. The highest BCUT2D eigenvalue weighted by Gasteiger charge is 2.34. The molecule has 10 heteroatoms. The highest BCUT2D eigenvalue weighted by atomic mass is 19.4. The van der Waals surface area contributed by atoms with Crippen LogP contribution in [0, 0.1) is 0 Å². The van der Waals surface area contributed by atoms with E-state index in [-0.39, 0.29) is 11.8 Å². The van der Waals surface area contributed by atoms with E-state index in [1.807, 2.05) is 4.90 Å². The summed E-state index contributed by atoms with van der Waals surface area (Å²) < 4.78 is 66.1. The maximum atomic E-state index is 12.5. The van der Waals surface area contributed by atoms with E-state index in [0.29, 0.717) is 32.0 Å². The first-order valence-electron chi connectivity index (χ1n) is 8.43. The van der Waals surface area contributed by atoms with Gasteiger partial charge < -0.3 is 15.0 Å². The Labute approximate surface area is 154 Å². The van der Waals surface area contributed by atoms with E-state index in [4.69, 9.17) is 0 Å². The Balaban J connectivity index is 1.86. The van der Waals surface area contributed by atoms with Crippen LogP contribution in [0.2, 0.25) is 0 Å². The number of nitrogens with zero attached hydrogens (tertiary/aromatic N) is 3. The molecule has 0 aliphatic carbocycles. The molecule has 2 rings (SSSR count). The number of guanidine groups is 1. The van der Waals surface area contributed by atoms with Crippen LogP contribution in [0.15, 0.2) is 29.3 Å². The lowest BCUT2D eigenvalue weighted by Crippen LogP contribution is -2.45. The zero-order valence-corrected chi connectivity index (χ0v) is 15.1. The SMILES string of the molecule is CN=C(NC1CCN(CC(F)(F)F)C1)N(C)Cc1ccc(OC(F)F)cc1. The minimum atomic E-state index is -4.20. The van der Waals surface area contributed by atoms with Crippen LogP contribution >= 0.6 is 0 Å². The highest BCUT2D eigenvalue weighted by molar-refractivity contribution is 5.80. The van der Waals surface area contributed by atoms with Crippen LogP contribution in [-0.2, 0) is 6.54 Å². The zero-order chi connectivity index (χ0) is 20.0. The van der Waals surface area contributed by atoms with Gasteiger partial charge in [-0.15, -0.1) is 0 Å². The standard InChI is InChI=1S/C17H23F5N4O/c1-23-16(24-13-7-8-26(10-13)11-17(20,21)22)25(2)9-12-3-5-14(6-4-12)27-15(18)19/h3-6,13,15H,7-11H2,1-2H3,(H,23,24). The van der Waals surface area contributed by atoms with Crippen LogP contribution in [0.25, 0.3) is 0 Å². The number of benzene rings is 1. The first-order chi connectivity index (χ1) is 12.7. The minimum Gasteiger partial charge on any atom is -0.435 e. The molecule has 1 N–H and O–H groups in total. The molecule has 1 saturated heterocycles. The second-order valence-corrected chi connectivity index (χ2v) is 6.41. The molecule has 0 aromatic heterocycles. The smallest absolute Gasteiger partial charge is 0.401 e. The predicted octanol–water partition coefficient (Wildman–Crippen LogP) is 2.93. The molecule has 0 spiro atoms. The van der Waals surface area contributed by atoms with Gasteiger partial charge in [0.15, 0.2) is 5.96 Å². The number of hydrogen-bond acceptors (Lipinski definition) is 3. The fourth-order valence-electron chi connectivity index (χ4n) is 3.00. The summed E-state index contributed by atoms with van der Waals surface area (Å²) in [5.74, 6) is 0.636. The normalized spacial score (nSPS) is 18.8. The fraction of sp³-hybridized carbons (Fsp3) is 0.588. The third-order valence-electron chi connectivity index (χ3n) is 4.15. The van der Waals surface area contributed by atoms with Crippen molar-refractivity contribution in [2.24, 2.45) is 4.99 Å². The molecule has 1 unspecified atom stereocenters. The van der Waals surface area contributed by atoms with Gasteiger partial charge in [0.2, 0.25) is 0 Å². The van der Waals surface area contributed by atoms with Gasteiger partial charge in [-0.3, -0.25) is 9.89 Å². The second-order valence-electron chi connectivity index (χ2n) is 6.41. The third-order valence-corrected chi connectivity index (χ3v) is 4.15. The second kappa shape index (κ2) is 9.20. The molecule has 1 aromatic rings. The van der Waals surface area contributed by atoms with Crippen molar-refractivity contribution in [2.75, 3.05) is 33.7 Å². The van der Waals surface area contributed by atoms with Crippen molar-refractivity contribution < 1.29 is 26.7 Å². The molecule has 1 heterocycles. The van der Waals surface area contributed by atoms with Crippen LogP contribution in [0.5, 0.6) is 5.75 Å². The lowest BCUT2D eigenvalue weighted by molar-refractivity contribution is -0.143. The summed E-state index contributed by atoms with van der Waals surface area (Å²) in [4.78, 5) is 7.35. The zero-order valence-electron chi connectivity index (χ0n) is 15.1. The first-order valence-corrected chi connectivity index (χ1v) is 8.43. The number of ether oxygens (including phenoxy) is 1. The van der Waals surface area contributed by atoms with Crippen molar-refractivity contribution in [2.45, 2.75) is 31.8 Å². The van der Waals surface area contributed by atoms with Crippen LogP contribution in [0.4, 0.5) is 22.0 Å². The maximum Gasteiger partial charge on any atom is 0.401 e. The van der Waals surface area contributed by atoms with Crippen LogP contribution in [0.1, 0.15) is 12.0 Å². The molecule has 0 bridgehead atoms. The number of alkyl halides is 5. The summed E-state index contributed by atoms with van der Waals surface area (Å²) >= 11 is 0. The van der Waals surface area contributed by atoms with Gasteiger partial charge in [0, 0.05) is 39.8 Å².